The lowest BCUT2D eigenvalue weighted by Gasteiger charge is -2.09. The molecule has 1 aromatic rings. The molecule has 0 aliphatic heterocycles. The van der Waals surface area contributed by atoms with E-state index in [0.29, 0.717) is 5.69 Å². The minimum atomic E-state index is -4.48. The van der Waals surface area contributed by atoms with Gasteiger partial charge in [0.15, 0.2) is 0 Å². The van der Waals surface area contributed by atoms with Crippen LogP contribution in [-0.2, 0) is 10.1 Å². The lowest BCUT2D eigenvalue weighted by molar-refractivity contribution is -0.636. The summed E-state index contributed by atoms with van der Waals surface area (Å²) >= 11 is 0. The molecule has 0 radical (unpaired) electrons. The highest BCUT2D eigenvalue weighted by molar-refractivity contribution is 7.86. The average Bonchev–Trinajstić information content (AvgIpc) is 2.28. The molecule has 0 heterocycles. The summed E-state index contributed by atoms with van der Waals surface area (Å²) in [6.45, 7) is 9.12. The first-order valence-corrected chi connectivity index (χ1v) is 6.88. The molecule has 0 saturated heterocycles. The van der Waals surface area contributed by atoms with Crippen molar-refractivity contribution in [1.29, 1.82) is 0 Å². The highest BCUT2D eigenvalue weighted by Gasteiger charge is 2.05. The van der Waals surface area contributed by atoms with Crippen molar-refractivity contribution < 1.29 is 18.3 Å². The standard InChI is InChI=1S/C6H8N2O3S.C6H11N/c7-4-1-2-6(5(8)3-4)12(9,10)11;1-3-5-7-6-4-2/h1-3H,7-8H2,(H,9,10,11);3-4,7H,1-2,5-6H2. The van der Waals surface area contributed by atoms with Crippen LogP contribution in [0.3, 0.4) is 0 Å². The second kappa shape index (κ2) is 8.30. The van der Waals surface area contributed by atoms with Gasteiger partial charge >= 0.3 is 0 Å². The van der Waals surface area contributed by atoms with Gasteiger partial charge < -0.3 is 21.3 Å². The van der Waals surface area contributed by atoms with Crippen molar-refractivity contribution in [2.45, 2.75) is 4.90 Å². The summed E-state index contributed by atoms with van der Waals surface area (Å²) in [6.07, 6.45) is 3.76. The monoisotopic (exact) mass is 285 g/mol. The fraction of sp³-hybridized carbons (Fsp3) is 0.167. The van der Waals surface area contributed by atoms with Gasteiger partial charge in [-0.2, -0.15) is 0 Å². The summed E-state index contributed by atoms with van der Waals surface area (Å²) in [7, 11) is -4.48. The molecule has 0 fully saturated rings. The third kappa shape index (κ3) is 7.24. The molecule has 0 saturated carbocycles. The molecule has 0 amide bonds. The van der Waals surface area contributed by atoms with E-state index in [0.717, 1.165) is 19.2 Å². The number of nitrogens with two attached hydrogens (primary N) is 3. The van der Waals surface area contributed by atoms with Gasteiger partial charge in [0.2, 0.25) is 0 Å². The Morgan fingerprint density at radius 2 is 1.74 bits per heavy atom. The summed E-state index contributed by atoms with van der Waals surface area (Å²) in [6, 6.07) is 3.62. The lowest BCUT2D eigenvalue weighted by Crippen LogP contribution is -2.83. The maximum Gasteiger partial charge on any atom is 0.126 e. The summed E-state index contributed by atoms with van der Waals surface area (Å²) in [4.78, 5) is -0.434. The molecule has 1 aromatic carbocycles. The van der Waals surface area contributed by atoms with E-state index in [1.54, 1.807) is 0 Å². The molecular formula is C12H19N3O3S. The van der Waals surface area contributed by atoms with Crippen molar-refractivity contribution >= 4 is 21.5 Å². The molecule has 19 heavy (non-hydrogen) atoms. The Morgan fingerprint density at radius 1 is 1.21 bits per heavy atom. The zero-order valence-corrected chi connectivity index (χ0v) is 11.4. The number of anilines is 2. The van der Waals surface area contributed by atoms with Crippen LogP contribution in [0, 0.1) is 0 Å². The molecule has 1 rings (SSSR count). The summed E-state index contributed by atoms with van der Waals surface area (Å²) < 4.78 is 31.5. The quantitative estimate of drug-likeness (QED) is 0.296. The molecule has 0 unspecified atom stereocenters. The predicted octanol–water partition coefficient (Wildman–Crippen LogP) is -0.323. The van der Waals surface area contributed by atoms with Gasteiger partial charge in [-0.05, 0) is 30.4 Å². The summed E-state index contributed by atoms with van der Waals surface area (Å²) in [5, 5.41) is 2.12. The van der Waals surface area contributed by atoms with Gasteiger partial charge in [0.05, 0.1) is 23.7 Å². The Balaban J connectivity index is 0.000000399. The van der Waals surface area contributed by atoms with Crippen molar-refractivity contribution in [3.05, 3.63) is 43.5 Å². The number of benzene rings is 1. The van der Waals surface area contributed by atoms with Crippen molar-refractivity contribution in [3.8, 4) is 0 Å². The Labute approximate surface area is 113 Å². The third-order valence-electron chi connectivity index (χ3n) is 1.97. The van der Waals surface area contributed by atoms with Crippen LogP contribution >= 0.6 is 0 Å². The summed E-state index contributed by atoms with van der Waals surface area (Å²) in [5.74, 6) is 0. The molecule has 0 spiro atoms. The van der Waals surface area contributed by atoms with Crippen molar-refractivity contribution in [2.75, 3.05) is 24.6 Å². The van der Waals surface area contributed by atoms with E-state index >= 15 is 0 Å². The Kier molecular flexibility index (Phi) is 7.50. The molecule has 0 bridgehead atoms. The summed E-state index contributed by atoms with van der Waals surface area (Å²) in [5.41, 5.74) is 10.7. The largest absolute Gasteiger partial charge is 0.744 e. The second-order valence-corrected chi connectivity index (χ2v) is 4.94. The predicted molar refractivity (Wildman–Crippen MR) is 75.3 cm³/mol. The maximum absolute atomic E-state index is 10.5. The molecule has 6 nitrogen and oxygen atoms in total. The fourth-order valence-electron chi connectivity index (χ4n) is 1.13. The Hall–Kier alpha value is -1.83. The first-order valence-electron chi connectivity index (χ1n) is 5.47. The van der Waals surface area contributed by atoms with E-state index in [9.17, 15) is 13.0 Å². The van der Waals surface area contributed by atoms with Gasteiger partial charge in [-0.1, -0.05) is 13.2 Å². The molecule has 6 N–H and O–H groups in total. The van der Waals surface area contributed by atoms with Crippen LogP contribution in [0.4, 0.5) is 11.4 Å². The van der Waals surface area contributed by atoms with E-state index in [2.05, 4.69) is 18.5 Å². The molecule has 0 aromatic heterocycles. The Bertz CT molecular complexity index is 519. The van der Waals surface area contributed by atoms with Crippen LogP contribution in [0.2, 0.25) is 0 Å². The SMILES string of the molecule is C=CC[NH2+]CC=C.Nc1ccc(S(=O)(=O)[O-])c(N)c1. The van der Waals surface area contributed by atoms with Gasteiger partial charge in [0, 0.05) is 5.69 Å². The first-order chi connectivity index (χ1) is 8.82. The van der Waals surface area contributed by atoms with Crippen LogP contribution in [0.15, 0.2) is 48.4 Å². The average molecular weight is 285 g/mol. The van der Waals surface area contributed by atoms with Crippen LogP contribution in [0.1, 0.15) is 0 Å². The molecule has 0 aliphatic carbocycles. The maximum atomic E-state index is 10.5. The van der Waals surface area contributed by atoms with Crippen molar-refractivity contribution in [2.24, 2.45) is 0 Å². The third-order valence-corrected chi connectivity index (χ3v) is 2.88. The van der Waals surface area contributed by atoms with Crippen LogP contribution in [0.25, 0.3) is 0 Å². The zero-order chi connectivity index (χ0) is 14.9. The number of nitrogen functional groups attached to an aromatic ring is 2. The van der Waals surface area contributed by atoms with Gasteiger partial charge in [-0.3, -0.25) is 0 Å². The van der Waals surface area contributed by atoms with Gasteiger partial charge in [0.25, 0.3) is 0 Å². The molecular weight excluding hydrogens is 266 g/mol. The molecule has 0 aliphatic rings. The zero-order valence-electron chi connectivity index (χ0n) is 10.6. The fourth-order valence-corrected chi connectivity index (χ4v) is 1.71. The van der Waals surface area contributed by atoms with Crippen molar-refractivity contribution in [3.63, 3.8) is 0 Å². The van der Waals surface area contributed by atoms with Gasteiger partial charge in [0.1, 0.15) is 10.1 Å². The van der Waals surface area contributed by atoms with Crippen LogP contribution in [0.5, 0.6) is 0 Å². The van der Waals surface area contributed by atoms with Gasteiger partial charge in [-0.15, -0.1) is 0 Å². The van der Waals surface area contributed by atoms with E-state index in [-0.39, 0.29) is 5.69 Å². The van der Waals surface area contributed by atoms with Gasteiger partial charge in [-0.25, -0.2) is 8.42 Å². The normalized spacial score (nSPS) is 10.2. The topological polar surface area (TPSA) is 126 Å². The number of rotatable bonds is 5. The smallest absolute Gasteiger partial charge is 0.126 e. The van der Waals surface area contributed by atoms with E-state index in [1.807, 2.05) is 12.2 Å². The lowest BCUT2D eigenvalue weighted by atomic mass is 10.3. The Morgan fingerprint density at radius 3 is 2.11 bits per heavy atom. The number of quaternary nitrogens is 1. The van der Waals surface area contributed by atoms with Crippen molar-refractivity contribution in [1.82, 2.24) is 0 Å². The minimum absolute atomic E-state index is 0.120. The highest BCUT2D eigenvalue weighted by atomic mass is 32.2. The first kappa shape index (κ1) is 17.2. The number of hydrogen-bond donors (Lipinski definition) is 3. The minimum Gasteiger partial charge on any atom is -0.744 e. The van der Waals surface area contributed by atoms with Crippen LogP contribution < -0.4 is 16.8 Å². The highest BCUT2D eigenvalue weighted by Crippen LogP contribution is 2.19. The van der Waals surface area contributed by atoms with E-state index in [4.69, 9.17) is 11.5 Å². The molecule has 0 atom stereocenters. The van der Waals surface area contributed by atoms with Crippen LogP contribution in [-0.4, -0.2) is 26.1 Å². The van der Waals surface area contributed by atoms with E-state index in [1.165, 1.54) is 12.1 Å². The number of hydrogen-bond acceptors (Lipinski definition) is 5. The van der Waals surface area contributed by atoms with E-state index < -0.39 is 15.0 Å². The molecule has 106 valence electrons. The second-order valence-electron chi connectivity index (χ2n) is 3.59. The molecule has 7 heteroatoms.